The molecule has 0 aliphatic rings. The number of hydrogen-bond donors (Lipinski definition) is 1. The molecule has 0 aromatic heterocycles. The Kier molecular flexibility index (Phi) is 6.91. The number of benzene rings is 1. The molecule has 0 heterocycles. The van der Waals surface area contributed by atoms with Gasteiger partial charge in [0.2, 0.25) is 0 Å². The summed E-state index contributed by atoms with van der Waals surface area (Å²) in [7, 11) is 0. The van der Waals surface area contributed by atoms with E-state index in [0.717, 1.165) is 12.6 Å². The van der Waals surface area contributed by atoms with E-state index in [1.54, 1.807) is 0 Å². The lowest BCUT2D eigenvalue weighted by Gasteiger charge is -2.30. The number of hydrogen-bond acceptors (Lipinski definition) is 2. The Labute approximate surface area is 135 Å². The highest BCUT2D eigenvalue weighted by molar-refractivity contribution is 6.36. The molecule has 0 atom stereocenters. The van der Waals surface area contributed by atoms with Crippen molar-refractivity contribution in [1.82, 2.24) is 10.2 Å². The van der Waals surface area contributed by atoms with Crippen molar-refractivity contribution in [3.05, 3.63) is 33.6 Å². The second kappa shape index (κ2) is 7.97. The van der Waals surface area contributed by atoms with Gasteiger partial charge in [0.05, 0.1) is 15.6 Å². The molecule has 1 rings (SSSR count). The molecular formula is C15H21Cl2FN2O. The van der Waals surface area contributed by atoms with Gasteiger partial charge in [-0.2, -0.15) is 0 Å². The highest BCUT2D eigenvalue weighted by Crippen LogP contribution is 2.24. The lowest BCUT2D eigenvalue weighted by molar-refractivity contribution is 0.0939. The maximum Gasteiger partial charge on any atom is 0.252 e. The van der Waals surface area contributed by atoms with Crippen molar-refractivity contribution < 1.29 is 9.18 Å². The van der Waals surface area contributed by atoms with E-state index < -0.39 is 11.7 Å². The molecule has 0 saturated carbocycles. The summed E-state index contributed by atoms with van der Waals surface area (Å²) in [6.07, 6.45) is 0. The first-order chi connectivity index (χ1) is 9.73. The normalized spacial score (nSPS) is 11.5. The third-order valence-electron chi connectivity index (χ3n) is 3.24. The Hall–Kier alpha value is -0.840. The molecule has 3 nitrogen and oxygen atoms in total. The number of carbonyl (C=O) groups is 1. The molecule has 0 fully saturated rings. The van der Waals surface area contributed by atoms with Gasteiger partial charge in [0.1, 0.15) is 5.82 Å². The molecule has 1 aromatic rings. The molecule has 0 spiro atoms. The predicted octanol–water partition coefficient (Wildman–Crippen LogP) is 3.98. The van der Waals surface area contributed by atoms with Crippen molar-refractivity contribution in [3.63, 3.8) is 0 Å². The first-order valence-corrected chi connectivity index (χ1v) is 7.68. The van der Waals surface area contributed by atoms with Gasteiger partial charge >= 0.3 is 0 Å². The van der Waals surface area contributed by atoms with Crippen LogP contribution >= 0.6 is 23.2 Å². The van der Waals surface area contributed by atoms with E-state index in [9.17, 15) is 9.18 Å². The zero-order valence-electron chi connectivity index (χ0n) is 12.7. The van der Waals surface area contributed by atoms with Gasteiger partial charge in [-0.1, -0.05) is 23.2 Å². The van der Waals surface area contributed by atoms with Crippen molar-refractivity contribution in [3.8, 4) is 0 Å². The van der Waals surface area contributed by atoms with E-state index in [2.05, 4.69) is 37.9 Å². The van der Waals surface area contributed by atoms with Gasteiger partial charge in [-0.15, -0.1) is 0 Å². The molecule has 0 bridgehead atoms. The van der Waals surface area contributed by atoms with Crippen LogP contribution in [0.25, 0.3) is 0 Å². The molecule has 0 radical (unpaired) electrons. The summed E-state index contributed by atoms with van der Waals surface area (Å²) < 4.78 is 13.4. The van der Waals surface area contributed by atoms with Crippen molar-refractivity contribution >= 4 is 29.1 Å². The molecule has 0 saturated heterocycles. The number of rotatable bonds is 6. The van der Waals surface area contributed by atoms with Crippen molar-refractivity contribution in [2.75, 3.05) is 13.1 Å². The van der Waals surface area contributed by atoms with Crippen LogP contribution < -0.4 is 5.32 Å². The maximum atomic E-state index is 13.4. The van der Waals surface area contributed by atoms with Gasteiger partial charge in [-0.25, -0.2) is 4.39 Å². The van der Waals surface area contributed by atoms with Crippen LogP contribution in [0.1, 0.15) is 38.1 Å². The molecular weight excluding hydrogens is 314 g/mol. The van der Waals surface area contributed by atoms with Crippen LogP contribution in [0.2, 0.25) is 10.0 Å². The minimum Gasteiger partial charge on any atom is -0.351 e. The van der Waals surface area contributed by atoms with Crippen LogP contribution in [0.5, 0.6) is 0 Å². The maximum absolute atomic E-state index is 13.4. The SMILES string of the molecule is CC(C)N(CCNC(=O)c1cc(F)c(Cl)cc1Cl)C(C)C. The minimum atomic E-state index is -0.655. The van der Waals surface area contributed by atoms with Gasteiger partial charge in [0.25, 0.3) is 5.91 Å². The van der Waals surface area contributed by atoms with E-state index >= 15 is 0 Å². The van der Waals surface area contributed by atoms with Crippen LogP contribution in [0.15, 0.2) is 12.1 Å². The number of nitrogens with one attached hydrogen (secondary N) is 1. The Morgan fingerprint density at radius 2 is 1.76 bits per heavy atom. The second-order valence-corrected chi connectivity index (χ2v) is 6.24. The summed E-state index contributed by atoms with van der Waals surface area (Å²) in [6.45, 7) is 9.60. The Balaban J connectivity index is 2.64. The van der Waals surface area contributed by atoms with E-state index in [0.29, 0.717) is 18.6 Å². The van der Waals surface area contributed by atoms with Crippen molar-refractivity contribution in [2.24, 2.45) is 0 Å². The van der Waals surface area contributed by atoms with E-state index in [4.69, 9.17) is 23.2 Å². The van der Waals surface area contributed by atoms with E-state index in [-0.39, 0.29) is 15.6 Å². The zero-order chi connectivity index (χ0) is 16.2. The van der Waals surface area contributed by atoms with Gasteiger partial charge in [0, 0.05) is 25.2 Å². The summed E-state index contributed by atoms with van der Waals surface area (Å²) in [6, 6.07) is 3.07. The van der Waals surface area contributed by atoms with Crippen LogP contribution in [-0.4, -0.2) is 36.0 Å². The fourth-order valence-electron chi connectivity index (χ4n) is 2.20. The first-order valence-electron chi connectivity index (χ1n) is 6.92. The van der Waals surface area contributed by atoms with Gasteiger partial charge in [0.15, 0.2) is 0 Å². The quantitative estimate of drug-likeness (QED) is 0.798. The molecule has 0 unspecified atom stereocenters. The molecule has 1 N–H and O–H groups in total. The standard InChI is InChI=1S/C15H21Cl2FN2O/c1-9(2)20(10(3)4)6-5-19-15(21)11-7-14(18)13(17)8-12(11)16/h7-10H,5-6H2,1-4H3,(H,19,21). The van der Waals surface area contributed by atoms with E-state index in [1.807, 2.05) is 0 Å². The lowest BCUT2D eigenvalue weighted by atomic mass is 10.2. The largest absolute Gasteiger partial charge is 0.351 e. The molecule has 0 aliphatic heterocycles. The summed E-state index contributed by atoms with van der Waals surface area (Å²) in [5.41, 5.74) is 0.0965. The number of carbonyl (C=O) groups excluding carboxylic acids is 1. The number of nitrogens with zero attached hydrogens (tertiary/aromatic N) is 1. The van der Waals surface area contributed by atoms with Crippen molar-refractivity contribution in [1.29, 1.82) is 0 Å². The summed E-state index contributed by atoms with van der Waals surface area (Å²) in [4.78, 5) is 14.3. The Bertz CT molecular complexity index is 499. The number of halogens is 3. The van der Waals surface area contributed by atoms with Gasteiger partial charge < -0.3 is 5.32 Å². The van der Waals surface area contributed by atoms with Crippen LogP contribution in [0, 0.1) is 5.82 Å². The lowest BCUT2D eigenvalue weighted by Crippen LogP contribution is -2.42. The number of amides is 1. The first kappa shape index (κ1) is 18.2. The topological polar surface area (TPSA) is 32.3 Å². The fourth-order valence-corrected chi connectivity index (χ4v) is 2.67. The van der Waals surface area contributed by atoms with Gasteiger partial charge in [-0.3, -0.25) is 9.69 Å². The fraction of sp³-hybridized carbons (Fsp3) is 0.533. The summed E-state index contributed by atoms with van der Waals surface area (Å²) in [5, 5.41) is 2.80. The summed E-state index contributed by atoms with van der Waals surface area (Å²) >= 11 is 11.5. The average Bonchev–Trinajstić information content (AvgIpc) is 2.37. The van der Waals surface area contributed by atoms with Gasteiger partial charge in [-0.05, 0) is 39.8 Å². The predicted molar refractivity (Wildman–Crippen MR) is 85.7 cm³/mol. The van der Waals surface area contributed by atoms with E-state index in [1.165, 1.54) is 6.07 Å². The third-order valence-corrected chi connectivity index (χ3v) is 3.84. The van der Waals surface area contributed by atoms with Crippen LogP contribution in [0.4, 0.5) is 4.39 Å². The second-order valence-electron chi connectivity index (χ2n) is 5.43. The summed E-state index contributed by atoms with van der Waals surface area (Å²) in [5.74, 6) is -1.06. The highest BCUT2D eigenvalue weighted by atomic mass is 35.5. The average molecular weight is 335 g/mol. The van der Waals surface area contributed by atoms with Crippen molar-refractivity contribution in [2.45, 2.75) is 39.8 Å². The molecule has 118 valence electrons. The molecule has 1 aromatic carbocycles. The molecule has 1 amide bonds. The molecule has 0 aliphatic carbocycles. The Morgan fingerprint density at radius 1 is 1.19 bits per heavy atom. The monoisotopic (exact) mass is 334 g/mol. The zero-order valence-corrected chi connectivity index (χ0v) is 14.2. The minimum absolute atomic E-state index is 0.0951. The highest BCUT2D eigenvalue weighted by Gasteiger charge is 2.16. The van der Waals surface area contributed by atoms with Crippen LogP contribution in [-0.2, 0) is 0 Å². The smallest absolute Gasteiger partial charge is 0.252 e. The third kappa shape index (κ3) is 5.13. The molecule has 21 heavy (non-hydrogen) atoms. The molecule has 6 heteroatoms. The van der Waals surface area contributed by atoms with Crippen LogP contribution in [0.3, 0.4) is 0 Å². The Morgan fingerprint density at radius 3 is 2.29 bits per heavy atom.